The molecule has 1 amide bonds. The molecule has 30 heavy (non-hydrogen) atoms. The van der Waals surface area contributed by atoms with Crippen molar-refractivity contribution in [3.05, 3.63) is 35.7 Å². The zero-order valence-corrected chi connectivity index (χ0v) is 18.1. The molecule has 0 radical (unpaired) electrons. The number of sulfonamides is 1. The van der Waals surface area contributed by atoms with Gasteiger partial charge in [-0.05, 0) is 45.7 Å². The van der Waals surface area contributed by atoms with E-state index in [9.17, 15) is 13.2 Å². The molecule has 0 unspecified atom stereocenters. The Bertz CT molecular complexity index is 1180. The summed E-state index contributed by atoms with van der Waals surface area (Å²) in [4.78, 5) is 17.6. The molecular weight excluding hydrogens is 406 g/mol. The van der Waals surface area contributed by atoms with Crippen molar-refractivity contribution in [3.63, 3.8) is 0 Å². The molecule has 1 aromatic carbocycles. The molecule has 0 spiro atoms. The van der Waals surface area contributed by atoms with Gasteiger partial charge in [0, 0.05) is 19.6 Å². The molecule has 1 N–H and O–H groups in total. The molecule has 160 valence electrons. The molecule has 10 heteroatoms. The van der Waals surface area contributed by atoms with Gasteiger partial charge in [0.15, 0.2) is 5.76 Å². The first-order chi connectivity index (χ1) is 14.3. The molecule has 4 rings (SSSR count). The lowest BCUT2D eigenvalue weighted by Gasteiger charge is -2.31. The third kappa shape index (κ3) is 3.50. The van der Waals surface area contributed by atoms with E-state index < -0.39 is 15.9 Å². The van der Waals surface area contributed by atoms with E-state index in [1.807, 2.05) is 35.8 Å². The molecule has 1 fully saturated rings. The van der Waals surface area contributed by atoms with Crippen LogP contribution in [0.15, 0.2) is 33.7 Å². The van der Waals surface area contributed by atoms with Gasteiger partial charge in [-0.25, -0.2) is 13.4 Å². The number of aryl methyl sites for hydroxylation is 3. The summed E-state index contributed by atoms with van der Waals surface area (Å²) in [5.74, 6) is 0.0583. The Morgan fingerprint density at radius 3 is 2.77 bits per heavy atom. The Labute approximate surface area is 175 Å². The number of rotatable bonds is 5. The number of imidazole rings is 1. The molecule has 1 aliphatic rings. The van der Waals surface area contributed by atoms with E-state index >= 15 is 0 Å². The molecule has 1 atom stereocenters. The topological polar surface area (TPSA) is 110 Å². The third-order valence-electron chi connectivity index (χ3n) is 5.53. The Morgan fingerprint density at radius 2 is 2.07 bits per heavy atom. The number of benzene rings is 1. The van der Waals surface area contributed by atoms with Crippen molar-refractivity contribution in [2.75, 3.05) is 18.4 Å². The van der Waals surface area contributed by atoms with Gasteiger partial charge in [-0.1, -0.05) is 17.3 Å². The quantitative estimate of drug-likeness (QED) is 0.665. The lowest BCUT2D eigenvalue weighted by Crippen LogP contribution is -2.44. The fourth-order valence-corrected chi connectivity index (χ4v) is 5.86. The Morgan fingerprint density at radius 1 is 1.30 bits per heavy atom. The van der Waals surface area contributed by atoms with Crippen molar-refractivity contribution in [2.24, 2.45) is 5.92 Å². The summed E-state index contributed by atoms with van der Waals surface area (Å²) in [6, 6.07) is 7.69. The minimum Gasteiger partial charge on any atom is -0.360 e. The van der Waals surface area contributed by atoms with Crippen molar-refractivity contribution in [1.29, 1.82) is 0 Å². The maximum Gasteiger partial charge on any atom is 0.248 e. The lowest BCUT2D eigenvalue weighted by molar-refractivity contribution is -0.120. The number of nitrogens with one attached hydrogen (secondary N) is 1. The second-order valence-corrected chi connectivity index (χ2v) is 9.39. The fourth-order valence-electron chi connectivity index (χ4n) is 4.05. The van der Waals surface area contributed by atoms with Crippen LogP contribution in [0.2, 0.25) is 0 Å². The van der Waals surface area contributed by atoms with E-state index in [-0.39, 0.29) is 23.1 Å². The van der Waals surface area contributed by atoms with Gasteiger partial charge in [-0.3, -0.25) is 10.1 Å². The second kappa shape index (κ2) is 7.84. The Kier molecular flexibility index (Phi) is 5.37. The third-order valence-corrected chi connectivity index (χ3v) is 7.64. The molecular formula is C20H25N5O4S. The summed E-state index contributed by atoms with van der Waals surface area (Å²) < 4.78 is 34.6. The summed E-state index contributed by atoms with van der Waals surface area (Å²) in [7, 11) is -3.78. The van der Waals surface area contributed by atoms with Crippen molar-refractivity contribution >= 4 is 32.9 Å². The van der Waals surface area contributed by atoms with Crippen molar-refractivity contribution < 1.29 is 17.7 Å². The van der Waals surface area contributed by atoms with Crippen LogP contribution >= 0.6 is 0 Å². The number of carbonyl (C=O) groups excluding carboxylic acids is 1. The number of para-hydroxylation sites is 2. The van der Waals surface area contributed by atoms with Crippen LogP contribution in [0, 0.1) is 19.8 Å². The normalized spacial score (nSPS) is 18.0. The van der Waals surface area contributed by atoms with Crippen molar-refractivity contribution in [1.82, 2.24) is 19.0 Å². The SMILES string of the molecule is CCn1c(NC(=O)[C@@H]2CCCN(S(=O)(=O)c3c(C)noc3C)C2)nc2ccccc21. The van der Waals surface area contributed by atoms with Crippen LogP contribution in [0.3, 0.4) is 0 Å². The number of amides is 1. The number of hydrogen-bond donors (Lipinski definition) is 1. The van der Waals surface area contributed by atoms with E-state index in [1.165, 1.54) is 4.31 Å². The number of hydrogen-bond acceptors (Lipinski definition) is 6. The lowest BCUT2D eigenvalue weighted by atomic mass is 9.99. The number of anilines is 1. The predicted octanol–water partition coefficient (Wildman–Crippen LogP) is 2.70. The van der Waals surface area contributed by atoms with E-state index in [1.54, 1.807) is 13.8 Å². The molecule has 3 heterocycles. The van der Waals surface area contributed by atoms with Crippen molar-refractivity contribution in [2.45, 2.75) is 45.1 Å². The number of nitrogens with zero attached hydrogens (tertiary/aromatic N) is 4. The summed E-state index contributed by atoms with van der Waals surface area (Å²) in [5, 5.41) is 6.67. The molecule has 3 aromatic rings. The van der Waals surface area contributed by atoms with Crippen LogP contribution < -0.4 is 5.32 Å². The van der Waals surface area contributed by atoms with Gasteiger partial charge in [0.2, 0.25) is 21.9 Å². The van der Waals surface area contributed by atoms with E-state index in [4.69, 9.17) is 4.52 Å². The second-order valence-electron chi connectivity index (χ2n) is 7.51. The number of aromatic nitrogens is 3. The highest BCUT2D eigenvalue weighted by Gasteiger charge is 2.36. The van der Waals surface area contributed by atoms with Crippen LogP contribution in [0.25, 0.3) is 11.0 Å². The average molecular weight is 432 g/mol. The number of piperidine rings is 1. The predicted molar refractivity (Wildman–Crippen MR) is 111 cm³/mol. The van der Waals surface area contributed by atoms with Gasteiger partial charge in [-0.2, -0.15) is 4.31 Å². The average Bonchev–Trinajstić information content (AvgIpc) is 3.26. The van der Waals surface area contributed by atoms with Gasteiger partial charge in [0.05, 0.1) is 17.0 Å². The first kappa shape index (κ1) is 20.5. The molecule has 9 nitrogen and oxygen atoms in total. The maximum atomic E-state index is 13.1. The summed E-state index contributed by atoms with van der Waals surface area (Å²) >= 11 is 0. The zero-order chi connectivity index (χ0) is 21.5. The minimum atomic E-state index is -3.78. The van der Waals surface area contributed by atoms with E-state index in [0.29, 0.717) is 37.6 Å². The van der Waals surface area contributed by atoms with Crippen LogP contribution in [-0.2, 0) is 21.4 Å². The standard InChI is InChI=1S/C20H25N5O4S/c1-4-25-17-10-6-5-9-16(17)21-20(25)22-19(26)15-8-7-11-24(12-15)30(27,28)18-13(2)23-29-14(18)3/h5-6,9-10,15H,4,7-8,11-12H2,1-3H3,(H,21,22,26)/t15-/m1/s1. The Hall–Kier alpha value is -2.72. The van der Waals surface area contributed by atoms with Crippen molar-refractivity contribution in [3.8, 4) is 0 Å². The highest BCUT2D eigenvalue weighted by Crippen LogP contribution is 2.28. The van der Waals surface area contributed by atoms with Gasteiger partial charge in [-0.15, -0.1) is 0 Å². The summed E-state index contributed by atoms with van der Waals surface area (Å²) in [5.41, 5.74) is 2.08. The molecule has 1 saturated heterocycles. The largest absolute Gasteiger partial charge is 0.360 e. The monoisotopic (exact) mass is 431 g/mol. The minimum absolute atomic E-state index is 0.0938. The number of fused-ring (bicyclic) bond motifs is 1. The summed E-state index contributed by atoms with van der Waals surface area (Å²) in [6.07, 6.45) is 1.22. The fraction of sp³-hybridized carbons (Fsp3) is 0.450. The molecule has 0 bridgehead atoms. The van der Waals surface area contributed by atoms with Crippen LogP contribution in [-0.4, -0.2) is 46.4 Å². The molecule has 1 aliphatic heterocycles. The molecule has 2 aromatic heterocycles. The van der Waals surface area contributed by atoms with Crippen LogP contribution in [0.1, 0.15) is 31.2 Å². The van der Waals surface area contributed by atoms with Crippen LogP contribution in [0.5, 0.6) is 0 Å². The van der Waals surface area contributed by atoms with E-state index in [2.05, 4.69) is 15.5 Å². The highest BCUT2D eigenvalue weighted by atomic mass is 32.2. The first-order valence-electron chi connectivity index (χ1n) is 10.0. The maximum absolute atomic E-state index is 13.1. The molecule has 0 saturated carbocycles. The van der Waals surface area contributed by atoms with Gasteiger partial charge in [0.25, 0.3) is 0 Å². The van der Waals surface area contributed by atoms with E-state index in [0.717, 1.165) is 11.0 Å². The zero-order valence-electron chi connectivity index (χ0n) is 17.3. The summed E-state index contributed by atoms with van der Waals surface area (Å²) in [6.45, 7) is 6.31. The van der Waals surface area contributed by atoms with Crippen LogP contribution in [0.4, 0.5) is 5.95 Å². The van der Waals surface area contributed by atoms with Gasteiger partial charge >= 0.3 is 0 Å². The smallest absolute Gasteiger partial charge is 0.248 e. The van der Waals surface area contributed by atoms with Gasteiger partial charge < -0.3 is 9.09 Å². The Balaban J connectivity index is 1.55. The molecule has 0 aliphatic carbocycles. The number of carbonyl (C=O) groups is 1. The first-order valence-corrected chi connectivity index (χ1v) is 11.5. The highest BCUT2D eigenvalue weighted by molar-refractivity contribution is 7.89. The van der Waals surface area contributed by atoms with Gasteiger partial charge in [0.1, 0.15) is 10.6 Å².